The van der Waals surface area contributed by atoms with Gasteiger partial charge in [-0.25, -0.2) is 9.65 Å². The number of rotatable bonds is 4. The third kappa shape index (κ3) is 5.21. The normalized spacial score (nSPS) is 12.2. The molecule has 1 aromatic rings. The molecule has 0 spiro atoms. The minimum absolute atomic E-state index is 0.0776. The molecule has 1 heterocycles. The van der Waals surface area contributed by atoms with Crippen LogP contribution in [-0.2, 0) is 0 Å². The Bertz CT molecular complexity index is 540. The molecule has 1 aliphatic heterocycles. The van der Waals surface area contributed by atoms with Crippen LogP contribution in [0.2, 0.25) is 6.32 Å². The quantitative estimate of drug-likeness (QED) is 0.832. The number of aliphatic hydroxyl groups is 2. The standard InChI is InChI=1S/C8H7FO2.C7H14BNO2/c1-5-2-6(9)8-7(3-5)10-4-11-8;1-7(2,11)8(6-9)4-3-5-10/h2-3H,4H2,1H3;10-11H,3-5H2,1-2H3. The lowest BCUT2D eigenvalue weighted by Gasteiger charge is -2.19. The monoisotopic (exact) mass is 309 g/mol. The molecule has 22 heavy (non-hydrogen) atoms. The van der Waals surface area contributed by atoms with Gasteiger partial charge in [0.2, 0.25) is 12.5 Å². The SMILES string of the molecule is CC(C)(O)B(C#N)CCCO.Cc1cc(F)c2c(c1)OCO2. The van der Waals surface area contributed by atoms with Crippen LogP contribution in [0.25, 0.3) is 0 Å². The number of halogens is 1. The van der Waals surface area contributed by atoms with Crippen molar-refractivity contribution in [2.75, 3.05) is 13.4 Å². The zero-order valence-corrected chi connectivity index (χ0v) is 13.1. The lowest BCUT2D eigenvalue weighted by molar-refractivity contribution is 0.161. The van der Waals surface area contributed by atoms with E-state index in [1.54, 1.807) is 19.9 Å². The van der Waals surface area contributed by atoms with Crippen LogP contribution in [0.4, 0.5) is 4.39 Å². The number of benzene rings is 1. The first-order chi connectivity index (χ1) is 10.3. The molecule has 0 aliphatic carbocycles. The molecule has 1 aromatic carbocycles. The van der Waals surface area contributed by atoms with Gasteiger partial charge in [-0.05, 0) is 44.9 Å². The predicted octanol–water partition coefficient (Wildman–Crippen LogP) is 2.10. The molecule has 2 rings (SSSR count). The van der Waals surface area contributed by atoms with E-state index in [1.807, 2.05) is 12.9 Å². The van der Waals surface area contributed by atoms with E-state index in [0.29, 0.717) is 18.5 Å². The summed E-state index contributed by atoms with van der Waals surface area (Å²) in [5.74, 6) is 2.40. The molecule has 0 atom stereocenters. The highest BCUT2D eigenvalue weighted by atomic mass is 19.1. The number of nitriles is 1. The predicted molar refractivity (Wildman–Crippen MR) is 81.4 cm³/mol. The zero-order valence-electron chi connectivity index (χ0n) is 13.1. The summed E-state index contributed by atoms with van der Waals surface area (Å²) in [6.07, 6.45) is 1.12. The molecule has 0 radical (unpaired) electrons. The first-order valence-corrected chi connectivity index (χ1v) is 7.08. The molecule has 0 saturated heterocycles. The molecule has 0 bridgehead atoms. The van der Waals surface area contributed by atoms with Gasteiger partial charge in [-0.2, -0.15) is 0 Å². The fourth-order valence-electron chi connectivity index (χ4n) is 1.97. The van der Waals surface area contributed by atoms with Gasteiger partial charge in [0.05, 0.1) is 5.50 Å². The van der Waals surface area contributed by atoms with Crippen molar-refractivity contribution in [3.05, 3.63) is 23.5 Å². The lowest BCUT2D eigenvalue weighted by Crippen LogP contribution is -2.39. The molecular formula is C15H21BFNO4. The molecule has 0 fully saturated rings. The molecule has 120 valence electrons. The third-order valence-corrected chi connectivity index (χ3v) is 3.23. The van der Waals surface area contributed by atoms with Gasteiger partial charge in [-0.1, -0.05) is 6.32 Å². The Balaban J connectivity index is 0.000000220. The maximum absolute atomic E-state index is 12.9. The van der Waals surface area contributed by atoms with E-state index in [1.165, 1.54) is 6.07 Å². The van der Waals surface area contributed by atoms with Gasteiger partial charge < -0.3 is 19.7 Å². The topological polar surface area (TPSA) is 82.7 Å². The van der Waals surface area contributed by atoms with Gasteiger partial charge >= 0.3 is 6.71 Å². The second kappa shape index (κ2) is 8.02. The Labute approximate surface area is 130 Å². The summed E-state index contributed by atoms with van der Waals surface area (Å²) in [5.41, 5.74) is -0.115. The first kappa shape index (κ1) is 18.3. The second-order valence-corrected chi connectivity index (χ2v) is 5.68. The molecule has 7 heteroatoms. The summed E-state index contributed by atoms with van der Waals surface area (Å²) in [6, 6.07) is 3.18. The average molecular weight is 309 g/mol. The molecule has 1 aliphatic rings. The molecule has 0 amide bonds. The van der Waals surface area contributed by atoms with Gasteiger partial charge in [-0.3, -0.25) is 0 Å². The Kier molecular flexibility index (Phi) is 6.66. The maximum atomic E-state index is 12.9. The second-order valence-electron chi connectivity index (χ2n) is 5.68. The Morgan fingerprint density at radius 1 is 1.41 bits per heavy atom. The summed E-state index contributed by atoms with van der Waals surface area (Å²) < 4.78 is 22.8. The summed E-state index contributed by atoms with van der Waals surface area (Å²) in [5, 5.41) is 26.5. The van der Waals surface area contributed by atoms with Crippen molar-refractivity contribution >= 4 is 6.71 Å². The average Bonchev–Trinajstić information content (AvgIpc) is 2.87. The van der Waals surface area contributed by atoms with E-state index >= 15 is 0 Å². The number of hydrogen-bond acceptors (Lipinski definition) is 5. The zero-order chi connectivity index (χ0) is 16.8. The number of hydrogen-bond donors (Lipinski definition) is 2. The van der Waals surface area contributed by atoms with Crippen molar-refractivity contribution in [3.63, 3.8) is 0 Å². The smallest absolute Gasteiger partial charge is 0.301 e. The fraction of sp³-hybridized carbons (Fsp3) is 0.533. The molecule has 0 aromatic heterocycles. The summed E-state index contributed by atoms with van der Waals surface area (Å²) in [4.78, 5) is 0. The molecule has 0 unspecified atom stereocenters. The highest BCUT2D eigenvalue weighted by Gasteiger charge is 2.30. The molecule has 5 nitrogen and oxygen atoms in total. The highest BCUT2D eigenvalue weighted by Crippen LogP contribution is 2.35. The highest BCUT2D eigenvalue weighted by molar-refractivity contribution is 6.69. The largest absolute Gasteiger partial charge is 0.453 e. The van der Waals surface area contributed by atoms with Gasteiger partial charge in [0.1, 0.15) is 0 Å². The van der Waals surface area contributed by atoms with Crippen LogP contribution in [0.1, 0.15) is 25.8 Å². The summed E-state index contributed by atoms with van der Waals surface area (Å²) >= 11 is 0. The van der Waals surface area contributed by atoms with Crippen LogP contribution in [0.5, 0.6) is 11.5 Å². The number of aliphatic hydroxyl groups excluding tert-OH is 1. The number of fused-ring (bicyclic) bond motifs is 1. The Morgan fingerprint density at radius 2 is 2.09 bits per heavy atom. The van der Waals surface area contributed by atoms with Gasteiger partial charge in [-0.15, -0.1) is 0 Å². The van der Waals surface area contributed by atoms with Crippen LogP contribution < -0.4 is 9.47 Å². The van der Waals surface area contributed by atoms with E-state index < -0.39 is 5.50 Å². The van der Waals surface area contributed by atoms with E-state index in [-0.39, 0.29) is 31.7 Å². The first-order valence-electron chi connectivity index (χ1n) is 7.08. The number of nitrogens with zero attached hydrogens (tertiary/aromatic N) is 1. The maximum Gasteiger partial charge on any atom is 0.301 e. The van der Waals surface area contributed by atoms with Crippen LogP contribution in [-0.4, -0.2) is 35.8 Å². The van der Waals surface area contributed by atoms with Crippen molar-refractivity contribution in [2.45, 2.75) is 39.0 Å². The van der Waals surface area contributed by atoms with Gasteiger partial charge in [0.15, 0.2) is 11.6 Å². The molecule has 0 saturated carbocycles. The summed E-state index contributed by atoms with van der Waals surface area (Å²) in [7, 11) is 0. The van der Waals surface area contributed by atoms with E-state index in [4.69, 9.17) is 19.8 Å². The third-order valence-electron chi connectivity index (χ3n) is 3.23. The van der Waals surface area contributed by atoms with E-state index in [2.05, 4.69) is 0 Å². The van der Waals surface area contributed by atoms with Crippen molar-refractivity contribution in [1.29, 1.82) is 5.26 Å². The van der Waals surface area contributed by atoms with Crippen LogP contribution in [0.3, 0.4) is 0 Å². The molecule has 2 N–H and O–H groups in total. The van der Waals surface area contributed by atoms with Gasteiger partial charge in [0.25, 0.3) is 0 Å². The molecular weight excluding hydrogens is 288 g/mol. The van der Waals surface area contributed by atoms with Gasteiger partial charge in [0, 0.05) is 12.6 Å². The van der Waals surface area contributed by atoms with Crippen LogP contribution in [0, 0.1) is 24.0 Å². The Morgan fingerprint density at radius 3 is 2.64 bits per heavy atom. The number of aryl methyl sites for hydroxylation is 1. The van der Waals surface area contributed by atoms with Crippen molar-refractivity contribution < 1.29 is 24.1 Å². The van der Waals surface area contributed by atoms with Crippen LogP contribution >= 0.6 is 0 Å². The lowest BCUT2D eigenvalue weighted by atomic mass is 9.38. The minimum Gasteiger partial charge on any atom is -0.453 e. The van der Waals surface area contributed by atoms with Crippen molar-refractivity contribution in [1.82, 2.24) is 0 Å². The van der Waals surface area contributed by atoms with Crippen molar-refractivity contribution in [2.24, 2.45) is 0 Å². The van der Waals surface area contributed by atoms with Crippen LogP contribution in [0.15, 0.2) is 12.1 Å². The Hall–Kier alpha value is -1.78. The van der Waals surface area contributed by atoms with E-state index in [0.717, 1.165) is 5.56 Å². The van der Waals surface area contributed by atoms with Crippen molar-refractivity contribution in [3.8, 4) is 17.5 Å². The number of ether oxygens (including phenoxy) is 2. The summed E-state index contributed by atoms with van der Waals surface area (Å²) in [6.45, 7) is 4.85. The fourth-order valence-corrected chi connectivity index (χ4v) is 1.97. The van der Waals surface area contributed by atoms with E-state index in [9.17, 15) is 9.50 Å². The minimum atomic E-state index is -0.954.